The van der Waals surface area contributed by atoms with Gasteiger partial charge in [0.15, 0.2) is 0 Å². The Morgan fingerprint density at radius 3 is 2.15 bits per heavy atom. The SMILES string of the molecule is CNC(=O)c1c(C)nc(N)nc1C. The highest BCUT2D eigenvalue weighted by Crippen LogP contribution is 2.10. The predicted molar refractivity (Wildman–Crippen MR) is 49.3 cm³/mol. The fraction of sp³-hybridized carbons (Fsp3) is 0.375. The zero-order chi connectivity index (χ0) is 10.0. The maximum Gasteiger partial charge on any atom is 0.254 e. The fourth-order valence-electron chi connectivity index (χ4n) is 1.20. The third-order valence-corrected chi connectivity index (χ3v) is 1.74. The van der Waals surface area contributed by atoms with E-state index in [0.717, 1.165) is 0 Å². The average molecular weight is 180 g/mol. The van der Waals surface area contributed by atoms with Crippen molar-refractivity contribution in [1.29, 1.82) is 0 Å². The molecule has 0 atom stereocenters. The molecule has 5 nitrogen and oxygen atoms in total. The molecule has 1 rings (SSSR count). The molecule has 0 bridgehead atoms. The van der Waals surface area contributed by atoms with Crippen LogP contribution in [-0.2, 0) is 0 Å². The minimum Gasteiger partial charge on any atom is -0.368 e. The Bertz CT molecular complexity index is 325. The van der Waals surface area contributed by atoms with Crippen molar-refractivity contribution in [3.8, 4) is 0 Å². The van der Waals surface area contributed by atoms with Crippen LogP contribution in [0, 0.1) is 13.8 Å². The van der Waals surface area contributed by atoms with Gasteiger partial charge in [0.25, 0.3) is 5.91 Å². The van der Waals surface area contributed by atoms with Crippen LogP contribution in [-0.4, -0.2) is 22.9 Å². The third-order valence-electron chi connectivity index (χ3n) is 1.74. The van der Waals surface area contributed by atoms with E-state index in [4.69, 9.17) is 5.73 Å². The van der Waals surface area contributed by atoms with Crippen molar-refractivity contribution < 1.29 is 4.79 Å². The van der Waals surface area contributed by atoms with Crippen molar-refractivity contribution in [1.82, 2.24) is 15.3 Å². The zero-order valence-corrected chi connectivity index (χ0v) is 7.88. The second kappa shape index (κ2) is 3.38. The van der Waals surface area contributed by atoms with E-state index in [2.05, 4.69) is 15.3 Å². The lowest BCUT2D eigenvalue weighted by Crippen LogP contribution is -2.22. The van der Waals surface area contributed by atoms with Gasteiger partial charge < -0.3 is 11.1 Å². The molecular formula is C8H12N4O. The number of carbonyl (C=O) groups excluding carboxylic acids is 1. The second-order valence-electron chi connectivity index (χ2n) is 2.71. The van der Waals surface area contributed by atoms with Gasteiger partial charge >= 0.3 is 0 Å². The van der Waals surface area contributed by atoms with Gasteiger partial charge in [-0.15, -0.1) is 0 Å². The van der Waals surface area contributed by atoms with E-state index in [1.807, 2.05) is 0 Å². The summed E-state index contributed by atoms with van der Waals surface area (Å²) in [6, 6.07) is 0. The molecule has 0 aliphatic rings. The Balaban J connectivity index is 3.28. The Kier molecular flexibility index (Phi) is 2.46. The molecule has 0 saturated carbocycles. The van der Waals surface area contributed by atoms with Crippen molar-refractivity contribution in [2.45, 2.75) is 13.8 Å². The van der Waals surface area contributed by atoms with Crippen LogP contribution in [0.5, 0.6) is 0 Å². The van der Waals surface area contributed by atoms with Gasteiger partial charge in [-0.25, -0.2) is 9.97 Å². The van der Waals surface area contributed by atoms with Gasteiger partial charge in [0.05, 0.1) is 17.0 Å². The van der Waals surface area contributed by atoms with E-state index in [0.29, 0.717) is 17.0 Å². The van der Waals surface area contributed by atoms with Crippen LogP contribution >= 0.6 is 0 Å². The summed E-state index contributed by atoms with van der Waals surface area (Å²) in [5.41, 5.74) is 7.12. The first kappa shape index (κ1) is 9.44. The van der Waals surface area contributed by atoms with E-state index in [9.17, 15) is 4.79 Å². The minimum absolute atomic E-state index is 0.185. The van der Waals surface area contributed by atoms with Crippen molar-refractivity contribution in [2.24, 2.45) is 0 Å². The number of nitrogens with two attached hydrogens (primary N) is 1. The lowest BCUT2D eigenvalue weighted by molar-refractivity contribution is 0.0961. The van der Waals surface area contributed by atoms with Crippen molar-refractivity contribution in [3.63, 3.8) is 0 Å². The lowest BCUT2D eigenvalue weighted by atomic mass is 10.1. The van der Waals surface area contributed by atoms with Gasteiger partial charge in [-0.05, 0) is 13.8 Å². The van der Waals surface area contributed by atoms with Gasteiger partial charge in [0.1, 0.15) is 0 Å². The summed E-state index contributed by atoms with van der Waals surface area (Å²) in [7, 11) is 1.57. The molecule has 0 aliphatic heterocycles. The molecule has 0 spiro atoms. The summed E-state index contributed by atoms with van der Waals surface area (Å²) < 4.78 is 0. The summed E-state index contributed by atoms with van der Waals surface area (Å²) in [6.07, 6.45) is 0. The van der Waals surface area contributed by atoms with E-state index in [1.54, 1.807) is 20.9 Å². The van der Waals surface area contributed by atoms with Crippen LogP contribution in [0.1, 0.15) is 21.7 Å². The third kappa shape index (κ3) is 1.74. The quantitative estimate of drug-likeness (QED) is 0.639. The van der Waals surface area contributed by atoms with Crippen LogP contribution in [0.3, 0.4) is 0 Å². The zero-order valence-electron chi connectivity index (χ0n) is 7.88. The lowest BCUT2D eigenvalue weighted by Gasteiger charge is -2.06. The number of aromatic nitrogens is 2. The summed E-state index contributed by atoms with van der Waals surface area (Å²) >= 11 is 0. The topological polar surface area (TPSA) is 80.9 Å². The highest BCUT2D eigenvalue weighted by Gasteiger charge is 2.13. The molecule has 0 aliphatic carbocycles. The molecule has 1 aromatic heterocycles. The maximum atomic E-state index is 11.3. The summed E-state index contributed by atoms with van der Waals surface area (Å²) in [5, 5.41) is 2.52. The molecule has 1 amide bonds. The molecule has 1 heterocycles. The largest absolute Gasteiger partial charge is 0.368 e. The Labute approximate surface area is 76.4 Å². The summed E-state index contributed by atoms with van der Waals surface area (Å²) in [4.78, 5) is 19.2. The number of hydrogen-bond acceptors (Lipinski definition) is 4. The molecule has 3 N–H and O–H groups in total. The minimum atomic E-state index is -0.185. The number of carbonyl (C=O) groups is 1. The second-order valence-corrected chi connectivity index (χ2v) is 2.71. The predicted octanol–water partition coefficient (Wildman–Crippen LogP) is 0.0352. The van der Waals surface area contributed by atoms with Crippen LogP contribution in [0.2, 0.25) is 0 Å². The molecule has 0 unspecified atom stereocenters. The number of nitrogen functional groups attached to an aromatic ring is 1. The van der Waals surface area contributed by atoms with E-state index in [-0.39, 0.29) is 11.9 Å². The first-order valence-electron chi connectivity index (χ1n) is 3.89. The smallest absolute Gasteiger partial charge is 0.254 e. The molecule has 5 heteroatoms. The number of nitrogens with zero attached hydrogens (tertiary/aromatic N) is 2. The molecular weight excluding hydrogens is 168 g/mol. The molecule has 0 saturated heterocycles. The summed E-state index contributed by atoms with van der Waals surface area (Å²) in [5.74, 6) is 0.0117. The van der Waals surface area contributed by atoms with Gasteiger partial charge in [-0.3, -0.25) is 4.79 Å². The van der Waals surface area contributed by atoms with E-state index in [1.165, 1.54) is 0 Å². The number of hydrogen-bond donors (Lipinski definition) is 2. The van der Waals surface area contributed by atoms with Crippen molar-refractivity contribution >= 4 is 11.9 Å². The maximum absolute atomic E-state index is 11.3. The first-order valence-corrected chi connectivity index (χ1v) is 3.89. The van der Waals surface area contributed by atoms with Crippen LogP contribution < -0.4 is 11.1 Å². The number of rotatable bonds is 1. The Morgan fingerprint density at radius 1 is 1.31 bits per heavy atom. The highest BCUT2D eigenvalue weighted by molar-refractivity contribution is 5.96. The molecule has 70 valence electrons. The van der Waals surface area contributed by atoms with Gasteiger partial charge in [0, 0.05) is 7.05 Å². The molecule has 0 radical (unpaired) electrons. The number of anilines is 1. The first-order chi connectivity index (χ1) is 6.06. The fourth-order valence-corrected chi connectivity index (χ4v) is 1.20. The van der Waals surface area contributed by atoms with Gasteiger partial charge in [0.2, 0.25) is 5.95 Å². The molecule has 0 fully saturated rings. The number of nitrogens with one attached hydrogen (secondary N) is 1. The molecule has 0 aromatic carbocycles. The van der Waals surface area contributed by atoms with E-state index >= 15 is 0 Å². The van der Waals surface area contributed by atoms with Crippen LogP contribution in [0.4, 0.5) is 5.95 Å². The molecule has 13 heavy (non-hydrogen) atoms. The van der Waals surface area contributed by atoms with E-state index < -0.39 is 0 Å². The van der Waals surface area contributed by atoms with Crippen molar-refractivity contribution in [3.05, 3.63) is 17.0 Å². The van der Waals surface area contributed by atoms with Gasteiger partial charge in [-0.2, -0.15) is 0 Å². The van der Waals surface area contributed by atoms with Crippen LogP contribution in [0.25, 0.3) is 0 Å². The average Bonchev–Trinajstić information content (AvgIpc) is 2.02. The summed E-state index contributed by atoms with van der Waals surface area (Å²) in [6.45, 7) is 3.46. The number of aryl methyl sites for hydroxylation is 2. The van der Waals surface area contributed by atoms with Gasteiger partial charge in [-0.1, -0.05) is 0 Å². The number of amides is 1. The molecule has 1 aromatic rings. The van der Waals surface area contributed by atoms with Crippen molar-refractivity contribution in [2.75, 3.05) is 12.8 Å². The monoisotopic (exact) mass is 180 g/mol. The normalized spacial score (nSPS) is 9.77. The van der Waals surface area contributed by atoms with Crippen LogP contribution in [0.15, 0.2) is 0 Å². The standard InChI is InChI=1S/C8H12N4O/c1-4-6(7(13)10-3)5(2)12-8(9)11-4/h1-3H3,(H,10,13)(H2,9,11,12). The Morgan fingerprint density at radius 2 is 1.77 bits per heavy atom. The highest BCUT2D eigenvalue weighted by atomic mass is 16.1. The Hall–Kier alpha value is -1.65.